The van der Waals surface area contributed by atoms with Crippen LogP contribution in [0.5, 0.6) is 0 Å². The van der Waals surface area contributed by atoms with E-state index in [2.05, 4.69) is 27.7 Å². The fourth-order valence-electron chi connectivity index (χ4n) is 1.83. The van der Waals surface area contributed by atoms with Crippen molar-refractivity contribution in [2.75, 3.05) is 6.54 Å². The number of hydrogen-bond donors (Lipinski definition) is 1. The van der Waals surface area contributed by atoms with Crippen LogP contribution in [0, 0.1) is 6.92 Å². The summed E-state index contributed by atoms with van der Waals surface area (Å²) in [6.45, 7) is 6.23. The summed E-state index contributed by atoms with van der Waals surface area (Å²) in [5.41, 5.74) is 1.20. The van der Waals surface area contributed by atoms with Gasteiger partial charge < -0.3 is 5.32 Å². The summed E-state index contributed by atoms with van der Waals surface area (Å²) in [6.07, 6.45) is 5.93. The van der Waals surface area contributed by atoms with E-state index in [0.29, 0.717) is 6.04 Å². The van der Waals surface area contributed by atoms with Crippen LogP contribution in [0.25, 0.3) is 0 Å². The summed E-state index contributed by atoms with van der Waals surface area (Å²) >= 11 is 1.72. The van der Waals surface area contributed by atoms with Crippen molar-refractivity contribution in [3.05, 3.63) is 34.5 Å². The molecule has 0 aliphatic carbocycles. The van der Waals surface area contributed by atoms with Crippen molar-refractivity contribution in [3.8, 4) is 0 Å². The summed E-state index contributed by atoms with van der Waals surface area (Å²) in [7, 11) is 0. The molecular formula is C13H20N4S. The molecule has 18 heavy (non-hydrogen) atoms. The maximum atomic E-state index is 4.46. The molecule has 2 heterocycles. The van der Waals surface area contributed by atoms with Gasteiger partial charge in [0.05, 0.1) is 10.7 Å². The van der Waals surface area contributed by atoms with Crippen LogP contribution in [-0.4, -0.2) is 27.4 Å². The highest BCUT2D eigenvalue weighted by Gasteiger charge is 2.03. The average molecular weight is 264 g/mol. The first-order valence-corrected chi connectivity index (χ1v) is 7.24. The molecule has 0 aromatic carbocycles. The summed E-state index contributed by atoms with van der Waals surface area (Å²) in [4.78, 5) is 4.46. The SMILES string of the molecule is Cc1nc(CCN[C@H](C)CCn2cccn2)cs1. The molecule has 0 unspecified atom stereocenters. The Morgan fingerprint density at radius 1 is 1.50 bits per heavy atom. The molecule has 5 heteroatoms. The Bertz CT molecular complexity index is 449. The lowest BCUT2D eigenvalue weighted by Crippen LogP contribution is -2.29. The smallest absolute Gasteiger partial charge is 0.0897 e. The standard InChI is InChI=1S/C13H20N4S/c1-11(5-9-17-8-3-6-15-17)14-7-4-13-10-18-12(2)16-13/h3,6,8,10-11,14H,4-5,7,9H2,1-2H3/t11-/m1/s1. The highest BCUT2D eigenvalue weighted by molar-refractivity contribution is 7.09. The van der Waals surface area contributed by atoms with Gasteiger partial charge in [-0.1, -0.05) is 0 Å². The Balaban J connectivity index is 1.61. The number of nitrogens with zero attached hydrogens (tertiary/aromatic N) is 3. The van der Waals surface area contributed by atoms with Crippen LogP contribution in [-0.2, 0) is 13.0 Å². The Morgan fingerprint density at radius 2 is 2.39 bits per heavy atom. The van der Waals surface area contributed by atoms with Gasteiger partial charge in [-0.05, 0) is 26.3 Å². The zero-order valence-corrected chi connectivity index (χ0v) is 11.8. The van der Waals surface area contributed by atoms with Gasteiger partial charge >= 0.3 is 0 Å². The van der Waals surface area contributed by atoms with Crippen LogP contribution < -0.4 is 5.32 Å². The van der Waals surface area contributed by atoms with E-state index in [1.54, 1.807) is 11.3 Å². The number of thiazole rings is 1. The minimum Gasteiger partial charge on any atom is -0.314 e. The average Bonchev–Trinajstić information content (AvgIpc) is 2.98. The molecule has 4 nitrogen and oxygen atoms in total. The topological polar surface area (TPSA) is 42.7 Å². The fraction of sp³-hybridized carbons (Fsp3) is 0.538. The number of rotatable bonds is 7. The molecule has 2 rings (SSSR count). The molecule has 1 N–H and O–H groups in total. The van der Waals surface area contributed by atoms with Gasteiger partial charge in [-0.3, -0.25) is 4.68 Å². The normalized spacial score (nSPS) is 12.8. The van der Waals surface area contributed by atoms with Gasteiger partial charge in [0.15, 0.2) is 0 Å². The number of aromatic nitrogens is 3. The van der Waals surface area contributed by atoms with Gasteiger partial charge in [0, 0.05) is 43.3 Å². The van der Waals surface area contributed by atoms with Crippen LogP contribution in [0.2, 0.25) is 0 Å². The van der Waals surface area contributed by atoms with Gasteiger partial charge in [-0.15, -0.1) is 11.3 Å². The lowest BCUT2D eigenvalue weighted by Gasteiger charge is -2.13. The molecule has 98 valence electrons. The number of nitrogens with one attached hydrogen (secondary N) is 1. The molecule has 0 bridgehead atoms. The predicted octanol–water partition coefficient (Wildman–Crippen LogP) is 2.26. The van der Waals surface area contributed by atoms with Crippen molar-refractivity contribution in [2.24, 2.45) is 0 Å². The number of hydrogen-bond acceptors (Lipinski definition) is 4. The summed E-state index contributed by atoms with van der Waals surface area (Å²) in [5, 5.41) is 11.0. The van der Waals surface area contributed by atoms with E-state index in [-0.39, 0.29) is 0 Å². The largest absolute Gasteiger partial charge is 0.314 e. The van der Waals surface area contributed by atoms with Crippen molar-refractivity contribution in [3.63, 3.8) is 0 Å². The zero-order valence-electron chi connectivity index (χ0n) is 11.0. The van der Waals surface area contributed by atoms with E-state index in [4.69, 9.17) is 0 Å². The van der Waals surface area contributed by atoms with Crippen LogP contribution in [0.3, 0.4) is 0 Å². The maximum Gasteiger partial charge on any atom is 0.0897 e. The van der Waals surface area contributed by atoms with Crippen molar-refractivity contribution in [1.82, 2.24) is 20.1 Å². The van der Waals surface area contributed by atoms with Crippen molar-refractivity contribution in [1.29, 1.82) is 0 Å². The highest BCUT2D eigenvalue weighted by Crippen LogP contribution is 2.08. The second-order valence-corrected chi connectivity index (χ2v) is 5.58. The molecule has 0 aliphatic heterocycles. The van der Waals surface area contributed by atoms with E-state index < -0.39 is 0 Å². The molecule has 0 spiro atoms. The van der Waals surface area contributed by atoms with Crippen LogP contribution >= 0.6 is 11.3 Å². The third-order valence-electron chi connectivity index (χ3n) is 2.89. The molecule has 2 aromatic rings. The lowest BCUT2D eigenvalue weighted by atomic mass is 10.2. The summed E-state index contributed by atoms with van der Waals surface area (Å²) in [5.74, 6) is 0. The Labute approximate surface area is 112 Å². The molecular weight excluding hydrogens is 244 g/mol. The zero-order chi connectivity index (χ0) is 12.8. The molecule has 0 radical (unpaired) electrons. The Morgan fingerprint density at radius 3 is 3.06 bits per heavy atom. The molecule has 1 atom stereocenters. The summed E-state index contributed by atoms with van der Waals surface area (Å²) in [6, 6.07) is 2.47. The Kier molecular flexibility index (Phi) is 4.90. The van der Waals surface area contributed by atoms with E-state index in [1.807, 2.05) is 30.1 Å². The summed E-state index contributed by atoms with van der Waals surface area (Å²) < 4.78 is 1.97. The number of aryl methyl sites for hydroxylation is 2. The van der Waals surface area contributed by atoms with E-state index >= 15 is 0 Å². The minimum atomic E-state index is 0.508. The minimum absolute atomic E-state index is 0.508. The first kappa shape index (κ1) is 13.2. The molecule has 0 aliphatic rings. The first-order chi connectivity index (χ1) is 8.74. The molecule has 0 amide bonds. The quantitative estimate of drug-likeness (QED) is 0.834. The van der Waals surface area contributed by atoms with Gasteiger partial charge in [-0.25, -0.2) is 4.98 Å². The van der Waals surface area contributed by atoms with Crippen molar-refractivity contribution >= 4 is 11.3 Å². The van der Waals surface area contributed by atoms with Crippen molar-refractivity contribution in [2.45, 2.75) is 39.3 Å². The highest BCUT2D eigenvalue weighted by atomic mass is 32.1. The molecule has 0 fully saturated rings. The van der Waals surface area contributed by atoms with Crippen LogP contribution in [0.15, 0.2) is 23.8 Å². The second-order valence-electron chi connectivity index (χ2n) is 4.52. The van der Waals surface area contributed by atoms with Gasteiger partial charge in [0.25, 0.3) is 0 Å². The van der Waals surface area contributed by atoms with E-state index in [1.165, 1.54) is 5.69 Å². The maximum absolute atomic E-state index is 4.46. The first-order valence-electron chi connectivity index (χ1n) is 6.36. The second kappa shape index (κ2) is 6.66. The van der Waals surface area contributed by atoms with Crippen LogP contribution in [0.1, 0.15) is 24.0 Å². The van der Waals surface area contributed by atoms with Gasteiger partial charge in [-0.2, -0.15) is 5.10 Å². The van der Waals surface area contributed by atoms with E-state index in [0.717, 1.165) is 30.9 Å². The third-order valence-corrected chi connectivity index (χ3v) is 3.71. The van der Waals surface area contributed by atoms with Crippen LogP contribution in [0.4, 0.5) is 0 Å². The van der Waals surface area contributed by atoms with Crippen molar-refractivity contribution < 1.29 is 0 Å². The third kappa shape index (κ3) is 4.23. The fourth-order valence-corrected chi connectivity index (χ4v) is 2.48. The molecule has 0 saturated heterocycles. The van der Waals surface area contributed by atoms with Gasteiger partial charge in [0.2, 0.25) is 0 Å². The van der Waals surface area contributed by atoms with E-state index in [9.17, 15) is 0 Å². The predicted molar refractivity (Wildman–Crippen MR) is 74.9 cm³/mol. The Hall–Kier alpha value is -1.20. The monoisotopic (exact) mass is 264 g/mol. The lowest BCUT2D eigenvalue weighted by molar-refractivity contribution is 0.460. The molecule has 0 saturated carbocycles. The van der Waals surface area contributed by atoms with Gasteiger partial charge in [0.1, 0.15) is 0 Å². The molecule has 2 aromatic heterocycles.